The van der Waals surface area contributed by atoms with Crippen molar-refractivity contribution in [3.8, 4) is 0 Å². The summed E-state index contributed by atoms with van der Waals surface area (Å²) in [5, 5.41) is 0. The zero-order valence-corrected chi connectivity index (χ0v) is 9.57. The minimum absolute atomic E-state index is 0.0424. The third-order valence-electron chi connectivity index (χ3n) is 3.37. The average molecular weight is 199 g/mol. The molecule has 1 aliphatic rings. The molecule has 1 nitrogen and oxygen atoms in total. The van der Waals surface area contributed by atoms with E-state index in [1.54, 1.807) is 0 Å². The third kappa shape index (κ3) is 1.74. The molecule has 0 bridgehead atoms. The van der Waals surface area contributed by atoms with E-state index in [1.165, 1.54) is 5.56 Å². The van der Waals surface area contributed by atoms with E-state index in [4.69, 9.17) is 0 Å². The van der Waals surface area contributed by atoms with Gasteiger partial charge in [0.25, 0.3) is 0 Å². The van der Waals surface area contributed by atoms with E-state index in [1.807, 2.05) is 12.3 Å². The van der Waals surface area contributed by atoms with Gasteiger partial charge in [-0.05, 0) is 37.5 Å². The molecule has 15 heavy (non-hydrogen) atoms. The van der Waals surface area contributed by atoms with Crippen molar-refractivity contribution in [2.75, 3.05) is 0 Å². The summed E-state index contributed by atoms with van der Waals surface area (Å²) in [6, 6.07) is 4.22. The van der Waals surface area contributed by atoms with Gasteiger partial charge in [-0.25, -0.2) is 0 Å². The number of hydrogen-bond acceptors (Lipinski definition) is 1. The van der Waals surface area contributed by atoms with Crippen LogP contribution in [0.15, 0.2) is 42.6 Å². The van der Waals surface area contributed by atoms with Crippen molar-refractivity contribution in [2.24, 2.45) is 5.92 Å². The highest BCUT2D eigenvalue weighted by molar-refractivity contribution is 5.33. The van der Waals surface area contributed by atoms with E-state index >= 15 is 0 Å². The number of rotatable bonds is 1. The molecule has 1 heterocycles. The SMILES string of the molecule is Cc1ccnc(C2(C)C=CC=CC2C)c1. The largest absolute Gasteiger partial charge is 0.260 e. The summed E-state index contributed by atoms with van der Waals surface area (Å²) >= 11 is 0. The zero-order valence-electron chi connectivity index (χ0n) is 9.57. The van der Waals surface area contributed by atoms with Crippen molar-refractivity contribution >= 4 is 0 Å². The van der Waals surface area contributed by atoms with Crippen LogP contribution in [0.2, 0.25) is 0 Å². The molecule has 2 unspecified atom stereocenters. The first kappa shape index (κ1) is 10.2. The predicted octanol–water partition coefficient (Wildman–Crippen LogP) is 3.41. The fraction of sp³-hybridized carbons (Fsp3) is 0.357. The van der Waals surface area contributed by atoms with Crippen molar-refractivity contribution in [3.05, 3.63) is 53.9 Å². The smallest absolute Gasteiger partial charge is 0.0508 e. The maximum atomic E-state index is 4.50. The second-order valence-corrected chi connectivity index (χ2v) is 4.53. The van der Waals surface area contributed by atoms with Crippen LogP contribution in [0.4, 0.5) is 0 Å². The first-order valence-electron chi connectivity index (χ1n) is 5.42. The molecule has 0 saturated carbocycles. The molecular formula is C14H17N. The minimum Gasteiger partial charge on any atom is -0.260 e. The van der Waals surface area contributed by atoms with Gasteiger partial charge in [0.15, 0.2) is 0 Å². The second kappa shape index (κ2) is 3.65. The molecule has 1 aromatic rings. The van der Waals surface area contributed by atoms with Crippen LogP contribution in [-0.4, -0.2) is 4.98 Å². The van der Waals surface area contributed by atoms with Gasteiger partial charge in [0.2, 0.25) is 0 Å². The number of nitrogens with zero attached hydrogens (tertiary/aromatic N) is 1. The lowest BCUT2D eigenvalue weighted by Crippen LogP contribution is -2.29. The Hall–Kier alpha value is -1.37. The Kier molecular flexibility index (Phi) is 2.47. The quantitative estimate of drug-likeness (QED) is 0.675. The van der Waals surface area contributed by atoms with Gasteiger partial charge >= 0.3 is 0 Å². The Morgan fingerprint density at radius 3 is 2.80 bits per heavy atom. The van der Waals surface area contributed by atoms with E-state index < -0.39 is 0 Å². The van der Waals surface area contributed by atoms with Crippen molar-refractivity contribution in [1.29, 1.82) is 0 Å². The summed E-state index contributed by atoms with van der Waals surface area (Å²) in [7, 11) is 0. The predicted molar refractivity (Wildman–Crippen MR) is 63.8 cm³/mol. The van der Waals surface area contributed by atoms with Crippen LogP contribution in [0.1, 0.15) is 25.1 Å². The molecule has 1 heteroatoms. The van der Waals surface area contributed by atoms with Gasteiger partial charge in [-0.15, -0.1) is 0 Å². The molecule has 0 aliphatic heterocycles. The first-order chi connectivity index (χ1) is 7.13. The highest BCUT2D eigenvalue weighted by atomic mass is 14.7. The van der Waals surface area contributed by atoms with Crippen molar-refractivity contribution in [1.82, 2.24) is 4.98 Å². The van der Waals surface area contributed by atoms with Crippen LogP contribution in [0.5, 0.6) is 0 Å². The summed E-state index contributed by atoms with van der Waals surface area (Å²) in [4.78, 5) is 4.50. The molecule has 0 spiro atoms. The van der Waals surface area contributed by atoms with E-state index in [2.05, 4.69) is 56.1 Å². The first-order valence-corrected chi connectivity index (χ1v) is 5.42. The lowest BCUT2D eigenvalue weighted by Gasteiger charge is -2.32. The Labute approximate surface area is 91.6 Å². The Bertz CT molecular complexity index is 417. The minimum atomic E-state index is 0.0424. The van der Waals surface area contributed by atoms with Crippen LogP contribution in [-0.2, 0) is 5.41 Å². The number of pyridine rings is 1. The molecule has 0 fully saturated rings. The fourth-order valence-corrected chi connectivity index (χ4v) is 1.99. The zero-order chi connectivity index (χ0) is 10.9. The summed E-state index contributed by atoms with van der Waals surface area (Å²) in [6.45, 7) is 6.60. The standard InChI is InChI=1S/C14H17N/c1-11-7-9-15-13(10-11)14(3)8-5-4-6-12(14)2/h4-10,12H,1-3H3. The second-order valence-electron chi connectivity index (χ2n) is 4.53. The van der Waals surface area contributed by atoms with Crippen LogP contribution >= 0.6 is 0 Å². The van der Waals surface area contributed by atoms with Crippen molar-refractivity contribution in [3.63, 3.8) is 0 Å². The maximum Gasteiger partial charge on any atom is 0.0508 e. The van der Waals surface area contributed by atoms with Crippen molar-refractivity contribution in [2.45, 2.75) is 26.2 Å². The van der Waals surface area contributed by atoms with Crippen LogP contribution in [0.3, 0.4) is 0 Å². The van der Waals surface area contributed by atoms with Gasteiger partial charge in [-0.2, -0.15) is 0 Å². The molecule has 0 radical (unpaired) electrons. The van der Waals surface area contributed by atoms with Gasteiger partial charge < -0.3 is 0 Å². The number of hydrogen-bond donors (Lipinski definition) is 0. The molecule has 2 atom stereocenters. The molecule has 0 N–H and O–H groups in total. The number of aromatic nitrogens is 1. The monoisotopic (exact) mass is 199 g/mol. The lowest BCUT2D eigenvalue weighted by atomic mass is 9.72. The van der Waals surface area contributed by atoms with Gasteiger partial charge in [-0.3, -0.25) is 4.98 Å². The Morgan fingerprint density at radius 2 is 2.13 bits per heavy atom. The molecule has 78 valence electrons. The summed E-state index contributed by atoms with van der Waals surface area (Å²) < 4.78 is 0. The lowest BCUT2D eigenvalue weighted by molar-refractivity contribution is 0.445. The summed E-state index contributed by atoms with van der Waals surface area (Å²) in [5.41, 5.74) is 2.48. The fourth-order valence-electron chi connectivity index (χ4n) is 1.99. The Morgan fingerprint density at radius 1 is 1.33 bits per heavy atom. The highest BCUT2D eigenvalue weighted by Gasteiger charge is 2.31. The van der Waals surface area contributed by atoms with Gasteiger partial charge in [0, 0.05) is 11.6 Å². The molecule has 0 saturated heterocycles. The topological polar surface area (TPSA) is 12.9 Å². The van der Waals surface area contributed by atoms with Crippen molar-refractivity contribution < 1.29 is 0 Å². The van der Waals surface area contributed by atoms with Crippen LogP contribution in [0.25, 0.3) is 0 Å². The number of aryl methyl sites for hydroxylation is 1. The summed E-state index contributed by atoms with van der Waals surface area (Å²) in [5.74, 6) is 0.497. The van der Waals surface area contributed by atoms with E-state index in [0.717, 1.165) is 5.69 Å². The normalized spacial score (nSPS) is 29.4. The summed E-state index contributed by atoms with van der Waals surface area (Å²) in [6.07, 6.45) is 10.6. The Balaban J connectivity index is 2.45. The molecule has 1 aromatic heterocycles. The van der Waals surface area contributed by atoms with Gasteiger partial charge in [0.1, 0.15) is 0 Å². The molecular weight excluding hydrogens is 182 g/mol. The van der Waals surface area contributed by atoms with E-state index in [-0.39, 0.29) is 5.41 Å². The average Bonchev–Trinajstić information content (AvgIpc) is 2.23. The number of allylic oxidation sites excluding steroid dienone is 4. The maximum absolute atomic E-state index is 4.50. The molecule has 0 aromatic carbocycles. The van der Waals surface area contributed by atoms with Gasteiger partial charge in [-0.1, -0.05) is 31.2 Å². The third-order valence-corrected chi connectivity index (χ3v) is 3.37. The van der Waals surface area contributed by atoms with Crippen LogP contribution in [0, 0.1) is 12.8 Å². The molecule has 0 amide bonds. The molecule has 2 rings (SSSR count). The van der Waals surface area contributed by atoms with E-state index in [9.17, 15) is 0 Å². The van der Waals surface area contributed by atoms with E-state index in [0.29, 0.717) is 5.92 Å². The van der Waals surface area contributed by atoms with Crippen LogP contribution < -0.4 is 0 Å². The van der Waals surface area contributed by atoms with Gasteiger partial charge in [0.05, 0.1) is 5.69 Å². The highest BCUT2D eigenvalue weighted by Crippen LogP contribution is 2.35. The molecule has 1 aliphatic carbocycles.